The first-order chi connectivity index (χ1) is 18.0. The molecule has 1 saturated heterocycles. The van der Waals surface area contributed by atoms with Gasteiger partial charge in [0.05, 0.1) is 12.0 Å². The Bertz CT molecular complexity index is 1330. The number of β-amino-alcohol motifs (C(OH)–C–C–N with tert-alkyl or cyclic N) is 1. The number of aliphatic carboxylic acids is 1. The van der Waals surface area contributed by atoms with Gasteiger partial charge in [0.15, 0.2) is 11.5 Å². The highest BCUT2D eigenvalue weighted by Gasteiger charge is 2.27. The zero-order chi connectivity index (χ0) is 25.8. The number of carboxylic acid groups (broad SMARTS) is 1. The minimum atomic E-state index is -0.772. The van der Waals surface area contributed by atoms with Gasteiger partial charge in [-0.1, -0.05) is 78.3 Å². The predicted molar refractivity (Wildman–Crippen MR) is 136 cm³/mol. The van der Waals surface area contributed by atoms with Crippen molar-refractivity contribution in [1.29, 1.82) is 0 Å². The average Bonchev–Trinajstić information content (AvgIpc) is 3.57. The van der Waals surface area contributed by atoms with Crippen molar-refractivity contribution in [2.24, 2.45) is 5.92 Å². The number of aliphatic hydroxyl groups is 1. The molecule has 192 valence electrons. The van der Waals surface area contributed by atoms with Gasteiger partial charge in [-0.15, -0.1) is 0 Å². The number of rotatable bonds is 9. The van der Waals surface area contributed by atoms with Crippen LogP contribution in [0.2, 0.25) is 0 Å². The lowest BCUT2D eigenvalue weighted by Crippen LogP contribution is -2.40. The van der Waals surface area contributed by atoms with Crippen molar-refractivity contribution in [2.75, 3.05) is 19.6 Å². The highest BCUT2D eigenvalue weighted by molar-refractivity contribution is 5.70. The summed E-state index contributed by atoms with van der Waals surface area (Å²) in [5.74, 6) is 0.280. The summed E-state index contributed by atoms with van der Waals surface area (Å²) >= 11 is 0. The molecule has 1 unspecified atom stereocenters. The summed E-state index contributed by atoms with van der Waals surface area (Å²) in [5.41, 5.74) is 3.93. The molecule has 0 spiro atoms. The monoisotopic (exact) mass is 502 g/mol. The molecule has 9 nitrogen and oxygen atoms in total. The number of hydrogen-bond acceptors (Lipinski definition) is 8. The molecule has 2 aromatic carbocycles. The summed E-state index contributed by atoms with van der Waals surface area (Å²) in [6.45, 7) is 3.74. The number of carboxylic acids is 1. The molecule has 2 atom stereocenters. The zero-order valence-electron chi connectivity index (χ0n) is 20.7. The first kappa shape index (κ1) is 24.9. The van der Waals surface area contributed by atoms with E-state index in [-0.39, 0.29) is 5.92 Å². The Kier molecular flexibility index (Phi) is 7.43. The van der Waals surface area contributed by atoms with E-state index in [0.29, 0.717) is 42.7 Å². The van der Waals surface area contributed by atoms with E-state index >= 15 is 0 Å². The van der Waals surface area contributed by atoms with Gasteiger partial charge in [-0.3, -0.25) is 9.69 Å². The first-order valence-electron chi connectivity index (χ1n) is 12.6. The van der Waals surface area contributed by atoms with Gasteiger partial charge in [-0.2, -0.15) is 4.98 Å². The summed E-state index contributed by atoms with van der Waals surface area (Å²) in [4.78, 5) is 17.9. The molecular weight excluding hydrogens is 472 g/mol. The van der Waals surface area contributed by atoms with Crippen molar-refractivity contribution in [2.45, 2.75) is 38.7 Å². The molecule has 0 amide bonds. The number of likely N-dealkylation sites (tertiary alicyclic amines) is 1. The highest BCUT2D eigenvalue weighted by Crippen LogP contribution is 2.33. The lowest BCUT2D eigenvalue weighted by atomic mass is 9.97. The maximum atomic E-state index is 11.3. The van der Waals surface area contributed by atoms with Crippen LogP contribution in [0.5, 0.6) is 0 Å². The number of aromatic nitrogens is 3. The number of benzene rings is 2. The Morgan fingerprint density at radius 3 is 2.59 bits per heavy atom. The van der Waals surface area contributed by atoms with E-state index in [1.807, 2.05) is 59.5 Å². The largest absolute Gasteiger partial charge is 0.481 e. The normalized spacial score (nSPS) is 17.1. The Morgan fingerprint density at radius 2 is 1.86 bits per heavy atom. The Morgan fingerprint density at radius 1 is 1.08 bits per heavy atom. The van der Waals surface area contributed by atoms with Gasteiger partial charge in [-0.05, 0) is 31.4 Å². The molecule has 0 saturated carbocycles. The molecule has 5 rings (SSSR count). The van der Waals surface area contributed by atoms with Gasteiger partial charge in [0.25, 0.3) is 5.89 Å². The molecular formula is C28H30N4O5. The van der Waals surface area contributed by atoms with Gasteiger partial charge in [0.2, 0.25) is 5.82 Å². The highest BCUT2D eigenvalue weighted by atomic mass is 16.5. The second-order valence-electron chi connectivity index (χ2n) is 9.45. The molecule has 1 fully saturated rings. The van der Waals surface area contributed by atoms with E-state index in [4.69, 9.17) is 9.05 Å². The third-order valence-electron chi connectivity index (χ3n) is 6.79. The van der Waals surface area contributed by atoms with E-state index in [1.54, 1.807) is 0 Å². The molecule has 4 aromatic rings. The molecule has 3 heterocycles. The number of carbonyl (C=O) groups is 1. The molecule has 0 aliphatic carbocycles. The summed E-state index contributed by atoms with van der Waals surface area (Å²) in [6, 6.07) is 17.2. The topological polar surface area (TPSA) is 126 Å². The number of aliphatic hydroxyl groups excluding tert-OH is 1. The van der Waals surface area contributed by atoms with Crippen LogP contribution in [0.1, 0.15) is 43.4 Å². The average molecular weight is 503 g/mol. The number of hydrogen-bond donors (Lipinski definition) is 2. The number of piperidine rings is 1. The fourth-order valence-electron chi connectivity index (χ4n) is 4.84. The summed E-state index contributed by atoms with van der Waals surface area (Å²) in [6.07, 6.45) is 2.46. The fourth-order valence-corrected chi connectivity index (χ4v) is 4.84. The predicted octanol–water partition coefficient (Wildman–Crippen LogP) is 4.84. The summed E-state index contributed by atoms with van der Waals surface area (Å²) in [5, 5.41) is 28.4. The lowest BCUT2D eigenvalue weighted by molar-refractivity contribution is -0.143. The van der Waals surface area contributed by atoms with Crippen LogP contribution in [0.25, 0.3) is 34.3 Å². The maximum absolute atomic E-state index is 11.3. The van der Waals surface area contributed by atoms with Crippen molar-refractivity contribution >= 4 is 5.97 Å². The van der Waals surface area contributed by atoms with E-state index < -0.39 is 12.1 Å². The lowest BCUT2D eigenvalue weighted by Gasteiger charge is -2.32. The quantitative estimate of drug-likeness (QED) is 0.330. The third kappa shape index (κ3) is 5.47. The molecule has 0 radical (unpaired) electrons. The SMILES string of the molecule is CCCc1c(-c2nc(-c3ccc(C(O)CN4CCC[C@@H](C(=O)O)C4)cc3)no2)noc1-c1ccccc1. The van der Waals surface area contributed by atoms with E-state index in [9.17, 15) is 15.0 Å². The van der Waals surface area contributed by atoms with E-state index in [2.05, 4.69) is 22.2 Å². The molecule has 1 aliphatic heterocycles. The first-order valence-corrected chi connectivity index (χ1v) is 12.6. The summed E-state index contributed by atoms with van der Waals surface area (Å²) < 4.78 is 11.2. The molecule has 1 aliphatic rings. The van der Waals surface area contributed by atoms with Crippen LogP contribution in [-0.2, 0) is 11.2 Å². The fraction of sp³-hybridized carbons (Fsp3) is 0.357. The van der Waals surface area contributed by atoms with Gasteiger partial charge in [-0.25, -0.2) is 0 Å². The molecule has 9 heteroatoms. The molecule has 2 N–H and O–H groups in total. The second-order valence-corrected chi connectivity index (χ2v) is 9.45. The van der Waals surface area contributed by atoms with Crippen LogP contribution in [-0.4, -0.2) is 56.0 Å². The summed E-state index contributed by atoms with van der Waals surface area (Å²) in [7, 11) is 0. The molecule has 37 heavy (non-hydrogen) atoms. The van der Waals surface area contributed by atoms with Gasteiger partial charge in [0.1, 0.15) is 0 Å². The van der Waals surface area contributed by atoms with Crippen molar-refractivity contribution in [3.05, 3.63) is 65.7 Å². The van der Waals surface area contributed by atoms with Crippen LogP contribution in [0.3, 0.4) is 0 Å². The van der Waals surface area contributed by atoms with Crippen molar-refractivity contribution in [3.8, 4) is 34.3 Å². The van der Waals surface area contributed by atoms with Gasteiger partial charge < -0.3 is 19.3 Å². The van der Waals surface area contributed by atoms with E-state index in [1.165, 1.54) is 0 Å². The minimum absolute atomic E-state index is 0.298. The smallest absolute Gasteiger partial charge is 0.307 e. The minimum Gasteiger partial charge on any atom is -0.481 e. The molecule has 0 bridgehead atoms. The Hall–Kier alpha value is -3.82. The van der Waals surface area contributed by atoms with Gasteiger partial charge in [0, 0.05) is 29.8 Å². The van der Waals surface area contributed by atoms with Crippen LogP contribution in [0.15, 0.2) is 63.6 Å². The van der Waals surface area contributed by atoms with Crippen LogP contribution in [0, 0.1) is 5.92 Å². The number of nitrogens with zero attached hydrogens (tertiary/aromatic N) is 4. The van der Waals surface area contributed by atoms with Crippen molar-refractivity contribution < 1.29 is 24.1 Å². The Balaban J connectivity index is 1.30. The second kappa shape index (κ2) is 11.1. The van der Waals surface area contributed by atoms with Crippen LogP contribution < -0.4 is 0 Å². The standard InChI is InChI=1S/C28H30N4O5/c1-2-7-22-24(30-36-25(22)19-8-4-3-5-9-19)27-29-26(31-37-27)20-13-11-18(12-14-20)23(33)17-32-15-6-10-21(16-32)28(34)35/h3-5,8-9,11-14,21,23,33H,2,6-7,10,15-17H2,1H3,(H,34,35)/t21-,23?/m1/s1. The maximum Gasteiger partial charge on any atom is 0.307 e. The van der Waals surface area contributed by atoms with Gasteiger partial charge >= 0.3 is 5.97 Å². The van der Waals surface area contributed by atoms with Crippen LogP contribution >= 0.6 is 0 Å². The Labute approximate surface area is 214 Å². The van der Waals surface area contributed by atoms with E-state index in [0.717, 1.165) is 48.1 Å². The zero-order valence-corrected chi connectivity index (χ0v) is 20.7. The van der Waals surface area contributed by atoms with Crippen LogP contribution in [0.4, 0.5) is 0 Å². The van der Waals surface area contributed by atoms with Crippen molar-refractivity contribution in [3.63, 3.8) is 0 Å². The molecule has 2 aromatic heterocycles. The third-order valence-corrected chi connectivity index (χ3v) is 6.79. The van der Waals surface area contributed by atoms with Crippen molar-refractivity contribution in [1.82, 2.24) is 20.2 Å².